The number of hydrogen-bond acceptors (Lipinski definition) is 5. The monoisotopic (exact) mass is 562 g/mol. The van der Waals surface area contributed by atoms with Crippen molar-refractivity contribution in [1.29, 1.82) is 0 Å². The van der Waals surface area contributed by atoms with Gasteiger partial charge in [-0.25, -0.2) is 4.79 Å². The van der Waals surface area contributed by atoms with Gasteiger partial charge in [0.25, 0.3) is 0 Å². The van der Waals surface area contributed by atoms with Gasteiger partial charge < -0.3 is 14.2 Å². The summed E-state index contributed by atoms with van der Waals surface area (Å²) in [5, 5.41) is 0.951. The molecule has 4 aromatic carbocycles. The van der Waals surface area contributed by atoms with Crippen molar-refractivity contribution < 1.29 is 23.8 Å². The predicted molar refractivity (Wildman–Crippen MR) is 156 cm³/mol. The van der Waals surface area contributed by atoms with Crippen LogP contribution < -0.4 is 9.47 Å². The summed E-state index contributed by atoms with van der Waals surface area (Å²) in [7, 11) is 0. The van der Waals surface area contributed by atoms with Crippen LogP contribution in [-0.2, 0) is 22.7 Å². The highest BCUT2D eigenvalue weighted by Crippen LogP contribution is 2.27. The van der Waals surface area contributed by atoms with Crippen LogP contribution in [0.5, 0.6) is 11.5 Å². The van der Waals surface area contributed by atoms with Crippen molar-refractivity contribution in [2.75, 3.05) is 6.61 Å². The molecule has 0 bridgehead atoms. The van der Waals surface area contributed by atoms with Gasteiger partial charge in [-0.2, -0.15) is 0 Å². The van der Waals surface area contributed by atoms with Crippen molar-refractivity contribution in [3.8, 4) is 11.5 Å². The zero-order chi connectivity index (χ0) is 27.9. The summed E-state index contributed by atoms with van der Waals surface area (Å²) in [6, 6.07) is 30.0. The highest BCUT2D eigenvalue weighted by molar-refractivity contribution is 6.32. The molecule has 0 fully saturated rings. The third-order valence-electron chi connectivity index (χ3n) is 5.22. The Hall–Kier alpha value is -4.06. The molecule has 39 heavy (non-hydrogen) atoms. The predicted octanol–water partition coefficient (Wildman–Crippen LogP) is 8.23. The molecule has 0 atom stereocenters. The molecule has 4 aromatic rings. The first-order chi connectivity index (χ1) is 19.0. The van der Waals surface area contributed by atoms with E-state index in [-0.39, 0.29) is 5.97 Å². The highest BCUT2D eigenvalue weighted by Gasteiger charge is 2.04. The van der Waals surface area contributed by atoms with Gasteiger partial charge in [0, 0.05) is 11.6 Å². The molecule has 0 N–H and O–H groups in total. The number of carbonyl (C=O) groups excluding carboxylic acids is 2. The van der Waals surface area contributed by atoms with Gasteiger partial charge in [-0.15, -0.1) is 0 Å². The average molecular weight is 563 g/mol. The highest BCUT2D eigenvalue weighted by atomic mass is 35.5. The van der Waals surface area contributed by atoms with Gasteiger partial charge in [-0.3, -0.25) is 4.79 Å². The number of ether oxygens (including phenoxy) is 3. The lowest BCUT2D eigenvalue weighted by Crippen LogP contribution is -1.98. The fourth-order valence-electron chi connectivity index (χ4n) is 3.27. The second kappa shape index (κ2) is 16.0. The molecule has 0 spiro atoms. The summed E-state index contributed by atoms with van der Waals surface area (Å²) in [4.78, 5) is 21.8. The Kier molecular flexibility index (Phi) is 12.1. The quantitative estimate of drug-likeness (QED) is 0.111. The number of aldehydes is 1. The Bertz CT molecular complexity index is 1370. The van der Waals surface area contributed by atoms with Gasteiger partial charge in [0.15, 0.2) is 0 Å². The van der Waals surface area contributed by atoms with Crippen LogP contribution in [-0.4, -0.2) is 18.9 Å². The molecule has 4 rings (SSSR count). The van der Waals surface area contributed by atoms with E-state index in [9.17, 15) is 9.59 Å². The van der Waals surface area contributed by atoms with Crippen molar-refractivity contribution in [2.24, 2.45) is 0 Å². The van der Waals surface area contributed by atoms with E-state index < -0.39 is 0 Å². The lowest BCUT2D eigenvalue weighted by atomic mass is 10.2. The van der Waals surface area contributed by atoms with Gasteiger partial charge in [0.1, 0.15) is 31.0 Å². The summed E-state index contributed by atoms with van der Waals surface area (Å²) < 4.78 is 16.1. The largest absolute Gasteiger partial charge is 0.487 e. The SMILES string of the molecule is CCOC(=O)C=Cc1ccc(OCc2ccccc2)c(Cl)c1.O=Cc1ccc(OCc2ccccc2)c(Cl)c1. The molecule has 0 amide bonds. The van der Waals surface area contributed by atoms with E-state index in [0.29, 0.717) is 46.9 Å². The van der Waals surface area contributed by atoms with Gasteiger partial charge >= 0.3 is 5.97 Å². The van der Waals surface area contributed by atoms with Crippen LogP contribution in [0.1, 0.15) is 34.0 Å². The Labute approximate surface area is 238 Å². The Balaban J connectivity index is 0.000000223. The third-order valence-corrected chi connectivity index (χ3v) is 5.81. The average Bonchev–Trinajstić information content (AvgIpc) is 2.96. The molecular formula is C32H28Cl2O5. The molecule has 0 radical (unpaired) electrons. The van der Waals surface area contributed by atoms with Crippen LogP contribution in [0.2, 0.25) is 10.0 Å². The molecular weight excluding hydrogens is 535 g/mol. The van der Waals surface area contributed by atoms with E-state index >= 15 is 0 Å². The second-order valence-corrected chi connectivity index (χ2v) is 8.95. The molecule has 0 heterocycles. The fourth-order valence-corrected chi connectivity index (χ4v) is 3.76. The lowest BCUT2D eigenvalue weighted by Gasteiger charge is -2.08. The smallest absolute Gasteiger partial charge is 0.330 e. The van der Waals surface area contributed by atoms with Crippen LogP contribution in [0.4, 0.5) is 0 Å². The zero-order valence-corrected chi connectivity index (χ0v) is 22.9. The molecule has 200 valence electrons. The minimum absolute atomic E-state index is 0.357. The number of benzene rings is 4. The molecule has 0 saturated heterocycles. The first-order valence-corrected chi connectivity index (χ1v) is 13.0. The van der Waals surface area contributed by atoms with Crippen LogP contribution in [0, 0.1) is 0 Å². The summed E-state index contributed by atoms with van der Waals surface area (Å²) in [6.07, 6.45) is 3.79. The molecule has 7 heteroatoms. The normalized spacial score (nSPS) is 10.3. The van der Waals surface area contributed by atoms with E-state index in [1.165, 1.54) is 6.08 Å². The number of halogens is 2. The number of esters is 1. The van der Waals surface area contributed by atoms with Crippen molar-refractivity contribution in [2.45, 2.75) is 20.1 Å². The number of rotatable bonds is 10. The molecule has 0 saturated carbocycles. The maximum absolute atomic E-state index is 11.3. The van der Waals surface area contributed by atoms with Crippen LogP contribution in [0.3, 0.4) is 0 Å². The second-order valence-electron chi connectivity index (χ2n) is 8.13. The molecule has 0 aliphatic carbocycles. The number of hydrogen-bond donors (Lipinski definition) is 0. The van der Waals surface area contributed by atoms with Crippen LogP contribution >= 0.6 is 23.2 Å². The summed E-state index contributed by atoms with van der Waals surface area (Å²) >= 11 is 12.2. The third kappa shape index (κ3) is 10.3. The minimum atomic E-state index is -0.372. The van der Waals surface area contributed by atoms with Gasteiger partial charge in [-0.1, -0.05) is 89.9 Å². The van der Waals surface area contributed by atoms with Gasteiger partial charge in [0.2, 0.25) is 0 Å². The van der Waals surface area contributed by atoms with Crippen molar-refractivity contribution >= 4 is 41.5 Å². The summed E-state index contributed by atoms with van der Waals surface area (Å²) in [5.74, 6) is 0.822. The minimum Gasteiger partial charge on any atom is -0.487 e. The number of carbonyl (C=O) groups is 2. The zero-order valence-electron chi connectivity index (χ0n) is 21.4. The molecule has 5 nitrogen and oxygen atoms in total. The Morgan fingerprint density at radius 2 is 1.21 bits per heavy atom. The molecule has 0 unspecified atom stereocenters. The first kappa shape index (κ1) is 29.5. The summed E-state index contributed by atoms with van der Waals surface area (Å²) in [5.41, 5.74) is 3.50. The van der Waals surface area contributed by atoms with E-state index in [2.05, 4.69) is 0 Å². The van der Waals surface area contributed by atoms with E-state index in [4.69, 9.17) is 37.4 Å². The van der Waals surface area contributed by atoms with Crippen LogP contribution in [0.25, 0.3) is 6.08 Å². The molecule has 0 aliphatic rings. The van der Waals surface area contributed by atoms with E-state index in [1.54, 1.807) is 43.3 Å². The fraction of sp³-hybridized carbons (Fsp3) is 0.125. The topological polar surface area (TPSA) is 61.8 Å². The standard InChI is InChI=1S/C18H17ClO3.C14H11ClO2/c1-2-21-18(20)11-9-14-8-10-17(16(19)12-14)22-13-15-6-4-3-5-7-15;15-13-8-12(9-16)6-7-14(13)17-10-11-4-2-1-3-5-11/h3-12H,2,13H2,1H3;1-9H,10H2. The Morgan fingerprint density at radius 3 is 1.67 bits per heavy atom. The Morgan fingerprint density at radius 1 is 0.718 bits per heavy atom. The first-order valence-electron chi connectivity index (χ1n) is 12.2. The maximum atomic E-state index is 11.3. The van der Waals surface area contributed by atoms with Gasteiger partial charge in [0.05, 0.1) is 16.7 Å². The molecule has 0 aromatic heterocycles. The lowest BCUT2D eigenvalue weighted by molar-refractivity contribution is -0.137. The maximum Gasteiger partial charge on any atom is 0.330 e. The van der Waals surface area contributed by atoms with E-state index in [1.807, 2.05) is 66.7 Å². The van der Waals surface area contributed by atoms with Crippen molar-refractivity contribution in [3.05, 3.63) is 135 Å². The molecule has 0 aliphatic heterocycles. The van der Waals surface area contributed by atoms with Crippen molar-refractivity contribution in [1.82, 2.24) is 0 Å². The van der Waals surface area contributed by atoms with Gasteiger partial charge in [-0.05, 0) is 60.0 Å². The van der Waals surface area contributed by atoms with Crippen molar-refractivity contribution in [3.63, 3.8) is 0 Å². The van der Waals surface area contributed by atoms with E-state index in [0.717, 1.165) is 23.0 Å². The summed E-state index contributed by atoms with van der Waals surface area (Å²) in [6.45, 7) is 3.04. The van der Waals surface area contributed by atoms with Crippen LogP contribution in [0.15, 0.2) is 103 Å².